The number of hydrogen-bond acceptors (Lipinski definition) is 6. The maximum Gasteiger partial charge on any atom is 0.290 e. The quantitative estimate of drug-likeness (QED) is 0.707. The molecule has 0 spiro atoms. The lowest BCUT2D eigenvalue weighted by atomic mass is 9.91. The van der Waals surface area contributed by atoms with Crippen LogP contribution in [-0.2, 0) is 16.8 Å². The molecule has 2 heterocycles. The number of H-pyrrole nitrogens is 1. The molecule has 0 amide bonds. The van der Waals surface area contributed by atoms with Gasteiger partial charge in [-0.2, -0.15) is 5.10 Å². The van der Waals surface area contributed by atoms with Crippen molar-refractivity contribution < 1.29 is 19.7 Å². The summed E-state index contributed by atoms with van der Waals surface area (Å²) in [4.78, 5) is 15.1. The van der Waals surface area contributed by atoms with E-state index in [1.165, 1.54) is 0 Å². The molecule has 1 saturated heterocycles. The minimum atomic E-state index is -0.915. The second-order valence-corrected chi connectivity index (χ2v) is 6.03. The fraction of sp³-hybridized carbons (Fsp3) is 0.471. The highest BCUT2D eigenvalue weighted by Crippen LogP contribution is 2.30. The highest BCUT2D eigenvalue weighted by molar-refractivity contribution is 5.35. The average molecular weight is 348 g/mol. The summed E-state index contributed by atoms with van der Waals surface area (Å²) < 4.78 is 5.36. The van der Waals surface area contributed by atoms with Gasteiger partial charge in [-0.05, 0) is 26.0 Å². The highest BCUT2D eigenvalue weighted by atomic mass is 16.5. The van der Waals surface area contributed by atoms with E-state index in [0.29, 0.717) is 25.1 Å². The third-order valence-electron chi connectivity index (χ3n) is 4.31. The van der Waals surface area contributed by atoms with Crippen LogP contribution in [0.2, 0.25) is 0 Å². The molecular weight excluding hydrogens is 324 g/mol. The third kappa shape index (κ3) is 4.77. The fourth-order valence-electron chi connectivity index (χ4n) is 2.82. The second kappa shape index (κ2) is 8.59. The molecule has 3 N–H and O–H groups in total. The maximum absolute atomic E-state index is 10.7. The van der Waals surface area contributed by atoms with Gasteiger partial charge in [-0.15, -0.1) is 0 Å². The van der Waals surface area contributed by atoms with Crippen LogP contribution in [0.4, 0.5) is 0 Å². The van der Waals surface area contributed by atoms with Gasteiger partial charge < -0.3 is 19.8 Å². The zero-order valence-electron chi connectivity index (χ0n) is 14.5. The number of aromatic amines is 1. The molecule has 1 fully saturated rings. The number of benzene rings is 1. The second-order valence-electron chi connectivity index (χ2n) is 6.03. The molecule has 1 aromatic heterocycles. The van der Waals surface area contributed by atoms with E-state index < -0.39 is 5.60 Å². The summed E-state index contributed by atoms with van der Waals surface area (Å²) in [5, 5.41) is 24.8. The zero-order chi connectivity index (χ0) is 18.3. The predicted molar refractivity (Wildman–Crippen MR) is 91.5 cm³/mol. The molecular formula is C17H24N4O4. The van der Waals surface area contributed by atoms with Crippen LogP contribution < -0.4 is 4.74 Å². The largest absolute Gasteiger partial charge is 0.496 e. The number of rotatable bonds is 4. The van der Waals surface area contributed by atoms with Crippen LogP contribution in [0, 0.1) is 0 Å². The molecule has 1 aliphatic rings. The van der Waals surface area contributed by atoms with E-state index in [9.17, 15) is 5.11 Å². The van der Waals surface area contributed by atoms with Crippen LogP contribution in [0.5, 0.6) is 5.75 Å². The predicted octanol–water partition coefficient (Wildman–Crippen LogP) is 1.02. The summed E-state index contributed by atoms with van der Waals surface area (Å²) in [6, 6.07) is 7.84. The summed E-state index contributed by atoms with van der Waals surface area (Å²) in [7, 11) is 3.72. The van der Waals surface area contributed by atoms with E-state index in [1.54, 1.807) is 7.11 Å². The Bertz CT molecular complexity index is 681. The smallest absolute Gasteiger partial charge is 0.290 e. The van der Waals surface area contributed by atoms with Crippen molar-refractivity contribution in [2.45, 2.75) is 24.9 Å². The summed E-state index contributed by atoms with van der Waals surface area (Å²) in [5.74, 6) is 2.08. The number of carbonyl (C=O) groups is 1. The van der Waals surface area contributed by atoms with Gasteiger partial charge in [0.1, 0.15) is 17.2 Å². The molecule has 0 aliphatic carbocycles. The van der Waals surface area contributed by atoms with E-state index in [-0.39, 0.29) is 6.47 Å². The first kappa shape index (κ1) is 18.9. The molecule has 0 bridgehead atoms. The SMILES string of the molecule is COc1ccccc1Cc1nc(C2(O)CCN(C)CC2)n[nH]1.O=CO. The highest BCUT2D eigenvalue weighted by Gasteiger charge is 2.36. The fourth-order valence-corrected chi connectivity index (χ4v) is 2.82. The number of ether oxygens (including phenoxy) is 1. The van der Waals surface area contributed by atoms with Crippen LogP contribution in [-0.4, -0.2) is 64.0 Å². The van der Waals surface area contributed by atoms with Crippen LogP contribution in [0.3, 0.4) is 0 Å². The molecule has 2 aromatic rings. The van der Waals surface area contributed by atoms with Crippen molar-refractivity contribution in [3.8, 4) is 5.75 Å². The zero-order valence-corrected chi connectivity index (χ0v) is 14.5. The van der Waals surface area contributed by atoms with E-state index in [2.05, 4.69) is 27.1 Å². The number of carboxylic acid groups (broad SMARTS) is 1. The van der Waals surface area contributed by atoms with Crippen molar-refractivity contribution in [1.82, 2.24) is 20.1 Å². The lowest BCUT2D eigenvalue weighted by molar-refractivity contribution is -0.122. The number of nitrogens with zero attached hydrogens (tertiary/aromatic N) is 3. The normalized spacial score (nSPS) is 16.6. The molecule has 136 valence electrons. The standard InChI is InChI=1S/C16H22N4O2.CH2O2/c1-20-9-7-16(21,8-10-20)15-17-14(18-19-15)11-12-5-3-4-6-13(12)22-2;2-1-3/h3-6,21H,7-11H2,1-2H3,(H,17,18,19);1H,(H,2,3). The Morgan fingerprint density at radius 2 is 2.00 bits per heavy atom. The average Bonchev–Trinajstić information content (AvgIpc) is 3.08. The van der Waals surface area contributed by atoms with Crippen molar-refractivity contribution in [2.24, 2.45) is 0 Å². The van der Waals surface area contributed by atoms with Crippen molar-refractivity contribution in [1.29, 1.82) is 0 Å². The Morgan fingerprint density at radius 3 is 2.64 bits per heavy atom. The van der Waals surface area contributed by atoms with Gasteiger partial charge in [-0.1, -0.05) is 18.2 Å². The first-order valence-corrected chi connectivity index (χ1v) is 8.05. The van der Waals surface area contributed by atoms with Gasteiger partial charge in [0, 0.05) is 25.1 Å². The molecule has 1 aliphatic heterocycles. The lowest BCUT2D eigenvalue weighted by Gasteiger charge is -2.34. The number of hydrogen-bond donors (Lipinski definition) is 3. The number of aliphatic hydroxyl groups is 1. The Labute approximate surface area is 146 Å². The van der Waals surface area contributed by atoms with Crippen LogP contribution >= 0.6 is 0 Å². The van der Waals surface area contributed by atoms with Gasteiger partial charge in [0.05, 0.1) is 7.11 Å². The summed E-state index contributed by atoms with van der Waals surface area (Å²) in [5.41, 5.74) is 0.130. The molecule has 8 nitrogen and oxygen atoms in total. The van der Waals surface area contributed by atoms with Crippen LogP contribution in [0.1, 0.15) is 30.1 Å². The monoisotopic (exact) mass is 348 g/mol. The first-order valence-electron chi connectivity index (χ1n) is 8.05. The lowest BCUT2D eigenvalue weighted by Crippen LogP contribution is -2.41. The molecule has 25 heavy (non-hydrogen) atoms. The first-order chi connectivity index (χ1) is 12.0. The molecule has 0 unspecified atom stereocenters. The molecule has 8 heteroatoms. The van der Waals surface area contributed by atoms with Crippen molar-refractivity contribution >= 4 is 6.47 Å². The maximum atomic E-state index is 10.7. The van der Waals surface area contributed by atoms with Crippen molar-refractivity contribution in [3.63, 3.8) is 0 Å². The third-order valence-corrected chi connectivity index (χ3v) is 4.31. The Balaban J connectivity index is 0.000000701. The molecule has 1 aromatic carbocycles. The number of aromatic nitrogens is 3. The molecule has 0 atom stereocenters. The van der Waals surface area contributed by atoms with Gasteiger partial charge in [-0.25, -0.2) is 4.98 Å². The summed E-state index contributed by atoms with van der Waals surface area (Å²) >= 11 is 0. The van der Waals surface area contributed by atoms with Gasteiger partial charge in [0.25, 0.3) is 6.47 Å². The van der Waals surface area contributed by atoms with Gasteiger partial charge in [0.15, 0.2) is 5.82 Å². The molecule has 3 rings (SSSR count). The molecule has 0 saturated carbocycles. The summed E-state index contributed by atoms with van der Waals surface area (Å²) in [6.45, 7) is 1.46. The number of piperidine rings is 1. The molecule has 0 radical (unpaired) electrons. The van der Waals surface area contributed by atoms with E-state index in [0.717, 1.165) is 30.2 Å². The van der Waals surface area contributed by atoms with E-state index >= 15 is 0 Å². The van der Waals surface area contributed by atoms with Gasteiger partial charge >= 0.3 is 0 Å². The Hall–Kier alpha value is -2.45. The van der Waals surface area contributed by atoms with Gasteiger partial charge in [0.2, 0.25) is 0 Å². The summed E-state index contributed by atoms with van der Waals surface area (Å²) in [6.07, 6.45) is 1.93. The van der Waals surface area contributed by atoms with Crippen molar-refractivity contribution in [3.05, 3.63) is 41.5 Å². The number of nitrogens with one attached hydrogen (secondary N) is 1. The number of methoxy groups -OCH3 is 1. The minimum absolute atomic E-state index is 0.250. The van der Waals surface area contributed by atoms with Crippen LogP contribution in [0.15, 0.2) is 24.3 Å². The van der Waals surface area contributed by atoms with E-state index in [4.69, 9.17) is 14.6 Å². The van der Waals surface area contributed by atoms with Crippen molar-refractivity contribution in [2.75, 3.05) is 27.2 Å². The Morgan fingerprint density at radius 1 is 1.36 bits per heavy atom. The number of para-hydroxylation sites is 1. The van der Waals surface area contributed by atoms with E-state index in [1.807, 2.05) is 24.3 Å². The number of likely N-dealkylation sites (tertiary alicyclic amines) is 1. The van der Waals surface area contributed by atoms with Gasteiger partial charge in [-0.3, -0.25) is 9.89 Å². The van der Waals surface area contributed by atoms with Crippen LogP contribution in [0.25, 0.3) is 0 Å². The minimum Gasteiger partial charge on any atom is -0.496 e. The topological polar surface area (TPSA) is 112 Å². The Kier molecular flexibility index (Phi) is 6.49.